The Bertz CT molecular complexity index is 4890. The number of β-amino-alcohol motifs (C(OH)–C–C–N with tert-alkyl or cyclic N) is 1. The monoisotopic (exact) mass is 1620 g/mol. The van der Waals surface area contributed by atoms with E-state index in [1.807, 2.05) is 140 Å². The summed E-state index contributed by atoms with van der Waals surface area (Å²) in [7, 11) is 0. The lowest BCUT2D eigenvalue weighted by Gasteiger charge is -2.35. The van der Waals surface area contributed by atoms with Gasteiger partial charge in [-0.15, -0.1) is 34.0 Å². The van der Waals surface area contributed by atoms with Crippen LogP contribution in [-0.4, -0.2) is 191 Å². The van der Waals surface area contributed by atoms with Crippen molar-refractivity contribution in [2.75, 3.05) is 38.2 Å². The molecule has 0 radical (unpaired) electrons. The molecule has 3 fully saturated rings. The highest BCUT2D eigenvalue weighted by atomic mass is 32.2. The number of likely N-dealkylation sites (tertiary alicyclic amines) is 3. The molecule has 1 unspecified atom stereocenters. The van der Waals surface area contributed by atoms with E-state index in [2.05, 4.69) is 36.2 Å². The van der Waals surface area contributed by atoms with Crippen LogP contribution < -0.4 is 26.0 Å². The number of nitrogens with one attached hydrogen (secondary N) is 4. The highest BCUT2D eigenvalue weighted by Gasteiger charge is 2.50. The number of thiazole rings is 3. The van der Waals surface area contributed by atoms with Crippen LogP contribution in [0.5, 0.6) is 5.75 Å². The number of benzene rings is 5. The third-order valence-electron chi connectivity index (χ3n) is 22.1. The lowest BCUT2D eigenvalue weighted by molar-refractivity contribution is -0.144. The second-order valence-electron chi connectivity index (χ2n) is 31.7. The van der Waals surface area contributed by atoms with E-state index in [0.29, 0.717) is 12.0 Å². The van der Waals surface area contributed by atoms with Crippen LogP contribution in [0.15, 0.2) is 126 Å². The highest BCUT2D eigenvalue weighted by molar-refractivity contribution is 7.98. The van der Waals surface area contributed by atoms with Crippen LogP contribution in [0, 0.1) is 43.8 Å². The van der Waals surface area contributed by atoms with Crippen LogP contribution in [-0.2, 0) is 71.0 Å². The molecule has 8 aromatic rings. The van der Waals surface area contributed by atoms with Gasteiger partial charge in [0.2, 0.25) is 41.4 Å². The van der Waals surface area contributed by atoms with Gasteiger partial charge in [-0.1, -0.05) is 133 Å². The number of hydrogen-bond acceptors (Lipinski definition) is 19. The SMILES string of the molecule is CSC[C@@H](C(=O)N1C[C@H](Oc2cc(F)c3c(c2)C(=O)N([C@H](C(=O)N2C[C@H](OCC(C)CCC(=O)N[C@H](C(=O)N4C[C@H](O)C[C@H]4C(=O)NCc4ccc(-c5scnc5C)cc4)C(C)(C)C)C[C@H]2C(=O)NCc2ccc(-c4scnc4C)cc2)C(C)C)C3)C[C@H]1C(=O)NCc1ccc(-c2scnc2C)cc1)N1Cc2ccccc2C1=O. The number of thioether (sulfide) groups is 1. The first-order valence-electron chi connectivity index (χ1n) is 38.6. The molecule has 3 saturated heterocycles. The number of amides is 9. The molecule has 5 aliphatic heterocycles. The molecule has 0 saturated carbocycles. The molecule has 0 bridgehead atoms. The van der Waals surface area contributed by atoms with E-state index in [9.17, 15) is 33.9 Å². The average Bonchev–Trinajstić information content (AvgIpc) is 1.60. The van der Waals surface area contributed by atoms with Gasteiger partial charge in [-0.2, -0.15) is 11.8 Å². The maximum absolute atomic E-state index is 16.9. The standard InChI is InChI=1S/C85H97FN12O12S4/c1-47(2)72(98-41-65-64(81(98)105)30-60(31-66(65)86)110-62-33-69(79(103)89-36-54-20-26-57(27-21-54)75-51(6)92-46-114-75)96(40-62)82(106)70(43-111-10)94-37-58-13-11-12-14-63(58)80(94)104)83(107)97-39-61(32-68(97)78(102)88-35-53-18-24-56(25-19-53)74-50(5)91-45-113-74)109-42-48(3)15-28-71(100)93-76(85(7,8)9)84(108)95-38-59(99)29-67(95)77(101)87-34-52-16-22-55(23-17-52)73-49(4)90-44-112-73/h11-14,16-27,30-31,44-48,59,61-62,67-70,72,76,99H,15,28-29,32-43H2,1-10H3,(H,87,101)(H,88,102)(H,89,103)(H,93,100)/t48?,59-,61-,62-,67+,68+,69+,70+,72+,76-/m1/s1. The summed E-state index contributed by atoms with van der Waals surface area (Å²) in [6, 6.07) is 26.8. The van der Waals surface area contributed by atoms with Gasteiger partial charge < -0.3 is 60.3 Å². The van der Waals surface area contributed by atoms with E-state index in [4.69, 9.17) is 9.47 Å². The Morgan fingerprint density at radius 3 is 1.58 bits per heavy atom. The molecule has 24 nitrogen and oxygen atoms in total. The number of aliphatic hydroxyl groups is 1. The van der Waals surface area contributed by atoms with Gasteiger partial charge in [0.1, 0.15) is 53.9 Å². The lowest BCUT2D eigenvalue weighted by atomic mass is 9.85. The van der Waals surface area contributed by atoms with Gasteiger partial charge in [-0.25, -0.2) is 19.3 Å². The van der Waals surface area contributed by atoms with Crippen molar-refractivity contribution < 1.29 is 62.1 Å². The summed E-state index contributed by atoms with van der Waals surface area (Å²) in [5.74, 6) is -5.53. The third-order valence-corrected chi connectivity index (χ3v) is 25.7. The predicted octanol–water partition coefficient (Wildman–Crippen LogP) is 10.7. The van der Waals surface area contributed by atoms with Crippen molar-refractivity contribution >= 4 is 98.9 Å². The predicted molar refractivity (Wildman–Crippen MR) is 436 cm³/mol. The minimum Gasteiger partial charge on any atom is -0.488 e. The van der Waals surface area contributed by atoms with E-state index in [1.165, 1.54) is 60.1 Å². The Kier molecular flexibility index (Phi) is 25.6. The number of carbonyl (C=O) groups is 9. The van der Waals surface area contributed by atoms with E-state index in [1.54, 1.807) is 58.7 Å². The van der Waals surface area contributed by atoms with Crippen LogP contribution in [0.3, 0.4) is 0 Å². The molecular formula is C85H97FN12O12S4. The Labute approximate surface area is 679 Å². The second-order valence-corrected chi connectivity index (χ2v) is 35.2. The van der Waals surface area contributed by atoms with Gasteiger partial charge in [0, 0.05) is 94.5 Å². The van der Waals surface area contributed by atoms with Crippen molar-refractivity contribution in [3.8, 4) is 37.1 Å². The lowest BCUT2D eigenvalue weighted by Crippen LogP contribution is -2.57. The maximum Gasteiger partial charge on any atom is 0.255 e. The van der Waals surface area contributed by atoms with Crippen molar-refractivity contribution in [3.63, 3.8) is 0 Å². The second kappa shape index (κ2) is 35.5. The molecule has 600 valence electrons. The summed E-state index contributed by atoms with van der Waals surface area (Å²) < 4.78 is 30.1. The van der Waals surface area contributed by atoms with E-state index >= 15 is 18.8 Å². The third kappa shape index (κ3) is 18.3. The Balaban J connectivity index is 0.670. The van der Waals surface area contributed by atoms with E-state index < -0.39 is 119 Å². The van der Waals surface area contributed by atoms with Crippen LogP contribution in [0.2, 0.25) is 0 Å². The molecular weight excluding hydrogens is 1530 g/mol. The minimum atomic E-state index is -1.20. The fraction of sp³-hybridized carbons (Fsp3) is 0.435. The fourth-order valence-electron chi connectivity index (χ4n) is 15.8. The highest BCUT2D eigenvalue weighted by Crippen LogP contribution is 2.39. The topological polar surface area (TPSA) is 295 Å². The summed E-state index contributed by atoms with van der Waals surface area (Å²) in [6.07, 6.45) is -0.239. The molecule has 13 rings (SSSR count). The summed E-state index contributed by atoms with van der Waals surface area (Å²) in [4.78, 5) is 155. The normalized spacial score (nSPS) is 19.7. The van der Waals surface area contributed by atoms with Gasteiger partial charge in [0.05, 0.1) is 79.1 Å². The van der Waals surface area contributed by atoms with E-state index in [0.717, 1.165) is 76.7 Å². The molecule has 5 aromatic carbocycles. The average molecular weight is 1630 g/mol. The minimum absolute atomic E-state index is 0.00368. The fourth-order valence-corrected chi connectivity index (χ4v) is 18.9. The molecule has 0 spiro atoms. The molecule has 10 atom stereocenters. The van der Waals surface area contributed by atoms with Crippen LogP contribution in [0.25, 0.3) is 31.3 Å². The van der Waals surface area contributed by atoms with E-state index in [-0.39, 0.29) is 119 Å². The summed E-state index contributed by atoms with van der Waals surface area (Å²) in [6.45, 7) is 17.0. The van der Waals surface area contributed by atoms with Gasteiger partial charge >= 0.3 is 0 Å². The van der Waals surface area contributed by atoms with Crippen LogP contribution in [0.4, 0.5) is 4.39 Å². The van der Waals surface area contributed by atoms with Crippen LogP contribution >= 0.6 is 45.8 Å². The van der Waals surface area contributed by atoms with Gasteiger partial charge in [-0.05, 0) is 102 Å². The Morgan fingerprint density at radius 2 is 1.09 bits per heavy atom. The summed E-state index contributed by atoms with van der Waals surface area (Å²) in [5, 5.41) is 22.9. The van der Waals surface area contributed by atoms with Crippen molar-refractivity contribution in [2.24, 2.45) is 17.3 Å². The number of carbonyl (C=O) groups excluding carboxylic acids is 9. The molecule has 9 amide bonds. The van der Waals surface area contributed by atoms with Gasteiger partial charge in [0.25, 0.3) is 11.8 Å². The molecule has 5 N–H and O–H groups in total. The zero-order valence-corrected chi connectivity index (χ0v) is 68.9. The quantitative estimate of drug-likeness (QED) is 0.0291. The van der Waals surface area contributed by atoms with Gasteiger partial charge in [0.15, 0.2) is 0 Å². The smallest absolute Gasteiger partial charge is 0.255 e. The maximum atomic E-state index is 16.9. The Morgan fingerprint density at radius 1 is 0.605 bits per heavy atom. The Hall–Kier alpha value is -9.78. The number of aryl methyl sites for hydroxylation is 3. The number of ether oxygens (including phenoxy) is 2. The first-order chi connectivity index (χ1) is 54.6. The summed E-state index contributed by atoms with van der Waals surface area (Å²) >= 11 is 6.00. The number of fused-ring (bicyclic) bond motifs is 2. The largest absolute Gasteiger partial charge is 0.488 e. The summed E-state index contributed by atoms with van der Waals surface area (Å²) in [5.41, 5.74) is 14.1. The van der Waals surface area contributed by atoms with Gasteiger partial charge in [-0.3, -0.25) is 43.2 Å². The molecule has 3 aromatic heterocycles. The first kappa shape index (κ1) is 82.2. The number of hydrogen-bond donors (Lipinski definition) is 5. The zero-order valence-electron chi connectivity index (χ0n) is 65.6. The molecule has 29 heteroatoms. The van der Waals surface area contributed by atoms with Crippen molar-refractivity contribution in [1.82, 2.24) is 60.7 Å². The number of nitrogens with zero attached hydrogens (tertiary/aromatic N) is 8. The van der Waals surface area contributed by atoms with Crippen molar-refractivity contribution in [3.05, 3.63) is 188 Å². The zero-order chi connectivity index (χ0) is 81.0. The number of aromatic nitrogens is 3. The number of aliphatic hydroxyl groups excluding tert-OH is 1. The van der Waals surface area contributed by atoms with Crippen LogP contribution in [0.1, 0.15) is 139 Å². The molecule has 114 heavy (non-hydrogen) atoms. The molecule has 0 aliphatic carbocycles. The molecule has 5 aliphatic rings. The number of rotatable bonds is 29. The first-order valence-corrected chi connectivity index (χ1v) is 42.6. The number of halogens is 1. The van der Waals surface area contributed by atoms with Crippen molar-refractivity contribution in [1.29, 1.82) is 0 Å². The van der Waals surface area contributed by atoms with Crippen molar-refractivity contribution in [2.45, 2.75) is 182 Å². The molecule has 8 heterocycles.